The van der Waals surface area contributed by atoms with Crippen LogP contribution in [0, 0.1) is 6.92 Å². The van der Waals surface area contributed by atoms with Crippen molar-refractivity contribution in [2.24, 2.45) is 0 Å². The second-order valence-electron chi connectivity index (χ2n) is 7.49. The lowest BCUT2D eigenvalue weighted by atomic mass is 9.90. The minimum absolute atomic E-state index is 0.180. The number of benzene rings is 2. The van der Waals surface area contributed by atoms with E-state index in [1.807, 2.05) is 60.7 Å². The van der Waals surface area contributed by atoms with Crippen molar-refractivity contribution in [3.8, 4) is 0 Å². The highest BCUT2D eigenvalue weighted by molar-refractivity contribution is 8.00. The van der Waals surface area contributed by atoms with Gasteiger partial charge in [0.05, 0.1) is 11.6 Å². The Kier molecular flexibility index (Phi) is 6.24. The summed E-state index contributed by atoms with van der Waals surface area (Å²) in [5.41, 5.74) is 2.61. The topological polar surface area (TPSA) is 102 Å². The van der Waals surface area contributed by atoms with Crippen LogP contribution >= 0.6 is 23.1 Å². The number of fused-ring (bicyclic) bond motifs is 1. The molecule has 10 heteroatoms. The first-order valence-electron chi connectivity index (χ1n) is 10.4. The van der Waals surface area contributed by atoms with Crippen LogP contribution in [-0.2, 0) is 10.5 Å². The van der Waals surface area contributed by atoms with Gasteiger partial charge < -0.3 is 4.52 Å². The monoisotopic (exact) mass is 489 g/mol. The fourth-order valence-electron chi connectivity index (χ4n) is 3.57. The third-order valence-electron chi connectivity index (χ3n) is 5.03. The number of anilines is 1. The summed E-state index contributed by atoms with van der Waals surface area (Å²) in [6.45, 7) is 1.76. The first-order chi connectivity index (χ1) is 16.6. The van der Waals surface area contributed by atoms with Gasteiger partial charge in [-0.05, 0) is 18.1 Å². The smallest absolute Gasteiger partial charge is 0.287 e. The van der Waals surface area contributed by atoms with E-state index in [1.54, 1.807) is 13.0 Å². The molecule has 0 aliphatic carbocycles. The van der Waals surface area contributed by atoms with Crippen molar-refractivity contribution < 1.29 is 9.32 Å². The molecule has 3 aromatic heterocycles. The summed E-state index contributed by atoms with van der Waals surface area (Å²) < 4.78 is 7.14. The molecule has 0 radical (unpaired) electrons. The summed E-state index contributed by atoms with van der Waals surface area (Å²) in [4.78, 5) is 29.9. The van der Waals surface area contributed by atoms with E-state index in [-0.39, 0.29) is 11.5 Å². The van der Waals surface area contributed by atoms with E-state index in [4.69, 9.17) is 4.52 Å². The molecule has 170 valence electrons. The Hall–Kier alpha value is -3.76. The van der Waals surface area contributed by atoms with Gasteiger partial charge in [0.1, 0.15) is 5.76 Å². The molecule has 0 bridgehead atoms. The normalized spacial score (nSPS) is 11.2. The molecule has 8 nitrogen and oxygen atoms in total. The van der Waals surface area contributed by atoms with E-state index < -0.39 is 5.92 Å². The van der Waals surface area contributed by atoms with Crippen molar-refractivity contribution in [1.29, 1.82) is 0 Å². The van der Waals surface area contributed by atoms with E-state index in [2.05, 4.69) is 20.5 Å². The number of thioether (sulfide) groups is 1. The Morgan fingerprint density at radius 1 is 1.06 bits per heavy atom. The SMILES string of the molecule is Cc1cc2nc(CSc3nnc(NC(=O)C(c4ccccc4)c4ccccc4)s3)cc(=O)n2o1. The number of carbonyl (C=O) groups excluding carboxylic acids is 1. The second-order valence-corrected chi connectivity index (χ2v) is 9.69. The summed E-state index contributed by atoms with van der Waals surface area (Å²) in [6.07, 6.45) is 0. The van der Waals surface area contributed by atoms with Gasteiger partial charge in [-0.3, -0.25) is 14.9 Å². The number of nitrogens with one attached hydrogen (secondary N) is 1. The highest BCUT2D eigenvalue weighted by atomic mass is 32.2. The van der Waals surface area contributed by atoms with Crippen LogP contribution in [0.1, 0.15) is 28.5 Å². The van der Waals surface area contributed by atoms with Gasteiger partial charge in [-0.1, -0.05) is 83.8 Å². The van der Waals surface area contributed by atoms with Gasteiger partial charge >= 0.3 is 0 Å². The summed E-state index contributed by atoms with van der Waals surface area (Å²) in [5.74, 6) is 0.406. The number of rotatable bonds is 7. The van der Waals surface area contributed by atoms with Crippen LogP contribution < -0.4 is 10.9 Å². The first kappa shape index (κ1) is 22.1. The van der Waals surface area contributed by atoms with Gasteiger partial charge in [-0.25, -0.2) is 4.98 Å². The number of amides is 1. The average molecular weight is 490 g/mol. The Balaban J connectivity index is 1.29. The highest BCUT2D eigenvalue weighted by Crippen LogP contribution is 2.30. The maximum absolute atomic E-state index is 13.2. The zero-order chi connectivity index (χ0) is 23.5. The largest absolute Gasteiger partial charge is 0.375 e. The molecule has 0 saturated carbocycles. The van der Waals surface area contributed by atoms with E-state index in [9.17, 15) is 9.59 Å². The molecule has 0 spiro atoms. The lowest BCUT2D eigenvalue weighted by Gasteiger charge is -2.16. The quantitative estimate of drug-likeness (QED) is 0.265. The predicted molar refractivity (Wildman–Crippen MR) is 131 cm³/mol. The fourth-order valence-corrected chi connectivity index (χ4v) is 5.21. The molecule has 0 saturated heterocycles. The van der Waals surface area contributed by atoms with Crippen molar-refractivity contribution >= 4 is 39.8 Å². The zero-order valence-electron chi connectivity index (χ0n) is 18.0. The standard InChI is InChI=1S/C24H19N5O3S2/c1-15-12-19-25-18(13-20(30)29(19)32-15)14-33-24-28-27-23(34-24)26-22(31)21(16-8-4-2-5-9-16)17-10-6-3-7-11-17/h2-13,21H,14H2,1H3,(H,26,27,31). The van der Waals surface area contributed by atoms with E-state index in [0.717, 1.165) is 15.7 Å². The molecule has 2 aromatic carbocycles. The van der Waals surface area contributed by atoms with Gasteiger partial charge in [-0.15, -0.1) is 14.8 Å². The van der Waals surface area contributed by atoms with E-state index >= 15 is 0 Å². The number of aromatic nitrogens is 4. The Morgan fingerprint density at radius 3 is 2.41 bits per heavy atom. The number of hydrogen-bond acceptors (Lipinski definition) is 8. The second kappa shape index (κ2) is 9.62. The third kappa shape index (κ3) is 4.78. The van der Waals surface area contributed by atoms with Crippen LogP contribution in [0.3, 0.4) is 0 Å². The molecule has 0 unspecified atom stereocenters. The lowest BCUT2D eigenvalue weighted by molar-refractivity contribution is -0.116. The molecule has 0 aliphatic heterocycles. The molecule has 5 aromatic rings. The number of carbonyl (C=O) groups is 1. The van der Waals surface area contributed by atoms with Crippen LogP contribution in [-0.4, -0.2) is 25.7 Å². The molecule has 0 aliphatic rings. The van der Waals surface area contributed by atoms with E-state index in [1.165, 1.54) is 29.2 Å². The minimum Gasteiger partial charge on any atom is -0.375 e. The first-order valence-corrected chi connectivity index (χ1v) is 12.2. The molecular weight excluding hydrogens is 470 g/mol. The molecule has 34 heavy (non-hydrogen) atoms. The highest BCUT2D eigenvalue weighted by Gasteiger charge is 2.23. The van der Waals surface area contributed by atoms with Gasteiger partial charge in [0, 0.05) is 17.9 Å². The van der Waals surface area contributed by atoms with Crippen molar-refractivity contribution in [3.05, 3.63) is 106 Å². The van der Waals surface area contributed by atoms with Crippen molar-refractivity contribution in [2.75, 3.05) is 5.32 Å². The van der Waals surface area contributed by atoms with Crippen LogP contribution in [0.2, 0.25) is 0 Å². The lowest BCUT2D eigenvalue weighted by Crippen LogP contribution is -2.22. The van der Waals surface area contributed by atoms with Gasteiger partial charge in [0.15, 0.2) is 9.99 Å². The summed E-state index contributed by atoms with van der Waals surface area (Å²) >= 11 is 2.68. The van der Waals surface area contributed by atoms with Crippen LogP contribution in [0.15, 0.2) is 86.5 Å². The van der Waals surface area contributed by atoms with Crippen LogP contribution in [0.4, 0.5) is 5.13 Å². The van der Waals surface area contributed by atoms with Gasteiger partial charge in [0.25, 0.3) is 5.56 Å². The molecule has 3 heterocycles. The summed E-state index contributed by atoms with van der Waals surface area (Å²) in [7, 11) is 0. The predicted octanol–water partition coefficient (Wildman–Crippen LogP) is 4.51. The number of aryl methyl sites for hydroxylation is 1. The number of nitrogens with zero attached hydrogens (tertiary/aromatic N) is 4. The molecular formula is C24H19N5O3S2. The van der Waals surface area contributed by atoms with Crippen molar-refractivity contribution in [3.63, 3.8) is 0 Å². The van der Waals surface area contributed by atoms with Crippen LogP contribution in [0.25, 0.3) is 5.65 Å². The Labute approximate surface area is 202 Å². The van der Waals surface area contributed by atoms with Gasteiger partial charge in [0.2, 0.25) is 11.0 Å². The third-order valence-corrected chi connectivity index (χ3v) is 7.04. The maximum Gasteiger partial charge on any atom is 0.287 e. The fraction of sp³-hybridized carbons (Fsp3) is 0.125. The van der Waals surface area contributed by atoms with E-state index in [0.29, 0.717) is 32.3 Å². The summed E-state index contributed by atoms with van der Waals surface area (Å²) in [6, 6.07) is 22.4. The minimum atomic E-state index is -0.468. The van der Waals surface area contributed by atoms with Gasteiger partial charge in [-0.2, -0.15) is 0 Å². The average Bonchev–Trinajstić information content (AvgIpc) is 3.45. The Bertz CT molecular complexity index is 1460. The van der Waals surface area contributed by atoms with Crippen LogP contribution in [0.5, 0.6) is 0 Å². The zero-order valence-corrected chi connectivity index (χ0v) is 19.7. The maximum atomic E-state index is 13.2. The molecule has 0 fully saturated rings. The Morgan fingerprint density at radius 2 is 1.74 bits per heavy atom. The molecule has 0 atom stereocenters. The molecule has 5 rings (SSSR count). The van der Waals surface area contributed by atoms with Crippen molar-refractivity contribution in [1.82, 2.24) is 19.8 Å². The van der Waals surface area contributed by atoms with Crippen molar-refractivity contribution in [2.45, 2.75) is 22.9 Å². The molecule has 1 N–H and O–H groups in total. The molecule has 1 amide bonds. The number of hydrogen-bond donors (Lipinski definition) is 1. The summed E-state index contributed by atoms with van der Waals surface area (Å²) in [5, 5.41) is 11.6.